The second-order valence-corrected chi connectivity index (χ2v) is 11.2. The minimum atomic E-state index is -0.850. The molecule has 0 radical (unpaired) electrons. The zero-order chi connectivity index (χ0) is 26.1. The quantitative estimate of drug-likeness (QED) is 0.313. The summed E-state index contributed by atoms with van der Waals surface area (Å²) in [6, 6.07) is 0. The van der Waals surface area contributed by atoms with Crippen molar-refractivity contribution in [3.05, 3.63) is 58.2 Å². The van der Waals surface area contributed by atoms with Crippen LogP contribution in [0.25, 0.3) is 0 Å². The summed E-state index contributed by atoms with van der Waals surface area (Å²) in [5.74, 6) is 1.41. The summed E-state index contributed by atoms with van der Waals surface area (Å²) in [5, 5.41) is 12.4. The van der Waals surface area contributed by atoms with Crippen molar-refractivity contribution in [2.24, 2.45) is 11.3 Å². The van der Waals surface area contributed by atoms with E-state index in [-0.39, 0.29) is 5.91 Å². The number of ether oxygens (including phenoxy) is 2. The Morgan fingerprint density at radius 2 is 1.67 bits per heavy atom. The number of nitrogens with one attached hydrogen (secondary N) is 1. The highest BCUT2D eigenvalue weighted by atomic mass is 16.5. The van der Waals surface area contributed by atoms with Crippen LogP contribution in [0.1, 0.15) is 91.9 Å². The predicted octanol–water partition coefficient (Wildman–Crippen LogP) is 6.72. The van der Waals surface area contributed by atoms with Gasteiger partial charge in [0.1, 0.15) is 12.4 Å². The first kappa shape index (κ1) is 27.8. The van der Waals surface area contributed by atoms with E-state index in [1.54, 1.807) is 13.8 Å². The second kappa shape index (κ2) is 13.0. The van der Waals surface area contributed by atoms with Crippen LogP contribution in [0.3, 0.4) is 0 Å². The molecule has 3 aliphatic carbocycles. The summed E-state index contributed by atoms with van der Waals surface area (Å²) in [6.07, 6.45) is 17.0. The van der Waals surface area contributed by atoms with Gasteiger partial charge in [0.05, 0.1) is 23.4 Å². The standard InChI is InChI=1S/C30H43NO5/c1-21(2)19-22-9-11-23(12-10-22)20-36-25-15-13-24(14-16-25)31-28(32)26-7-5-6-8-27(26)35-18-17-30(3,4)29(33)34/h9,11,13,15,21H,5-8,10,12,14,16-20H2,1-4H3,(H,31,32)(H,33,34). The van der Waals surface area contributed by atoms with Crippen molar-refractivity contribution in [2.75, 3.05) is 13.2 Å². The number of carboxylic acids is 1. The molecule has 0 saturated heterocycles. The van der Waals surface area contributed by atoms with Gasteiger partial charge in [0, 0.05) is 18.5 Å². The summed E-state index contributed by atoms with van der Waals surface area (Å²) in [6.45, 7) is 8.81. The van der Waals surface area contributed by atoms with Crippen molar-refractivity contribution in [2.45, 2.75) is 91.9 Å². The van der Waals surface area contributed by atoms with Gasteiger partial charge < -0.3 is 19.9 Å². The molecule has 36 heavy (non-hydrogen) atoms. The zero-order valence-corrected chi connectivity index (χ0v) is 22.5. The van der Waals surface area contributed by atoms with Gasteiger partial charge in [-0.1, -0.05) is 31.6 Å². The zero-order valence-electron chi connectivity index (χ0n) is 22.5. The smallest absolute Gasteiger partial charge is 0.309 e. The van der Waals surface area contributed by atoms with Crippen molar-refractivity contribution in [1.82, 2.24) is 5.32 Å². The molecule has 3 rings (SSSR count). The number of carboxylic acid groups (broad SMARTS) is 1. The molecule has 0 heterocycles. The Morgan fingerprint density at radius 3 is 2.31 bits per heavy atom. The fourth-order valence-electron chi connectivity index (χ4n) is 4.60. The van der Waals surface area contributed by atoms with Crippen LogP contribution in [0.15, 0.2) is 58.2 Å². The molecule has 198 valence electrons. The lowest BCUT2D eigenvalue weighted by Crippen LogP contribution is -2.28. The molecule has 0 spiro atoms. The topological polar surface area (TPSA) is 84.9 Å². The van der Waals surface area contributed by atoms with Crippen molar-refractivity contribution in [1.29, 1.82) is 0 Å². The van der Waals surface area contributed by atoms with Gasteiger partial charge in [0.2, 0.25) is 0 Å². The molecule has 0 unspecified atom stereocenters. The average Bonchev–Trinajstić information content (AvgIpc) is 2.84. The molecule has 0 aromatic rings. The van der Waals surface area contributed by atoms with E-state index in [9.17, 15) is 14.7 Å². The molecule has 3 aliphatic rings. The minimum Gasteiger partial charge on any atom is -0.497 e. The fraction of sp³-hybridized carbons (Fsp3) is 0.600. The van der Waals surface area contributed by atoms with E-state index in [0.29, 0.717) is 43.3 Å². The van der Waals surface area contributed by atoms with E-state index in [2.05, 4.69) is 31.3 Å². The highest BCUT2D eigenvalue weighted by molar-refractivity contribution is 5.95. The fourth-order valence-corrected chi connectivity index (χ4v) is 4.60. The van der Waals surface area contributed by atoms with Gasteiger partial charge in [-0.2, -0.15) is 0 Å². The normalized spacial score (nSPS) is 18.7. The van der Waals surface area contributed by atoms with Crippen LogP contribution in [0.4, 0.5) is 0 Å². The maximum atomic E-state index is 13.0. The highest BCUT2D eigenvalue weighted by Crippen LogP contribution is 2.29. The summed E-state index contributed by atoms with van der Waals surface area (Å²) < 4.78 is 12.0. The Labute approximate surface area is 216 Å². The summed E-state index contributed by atoms with van der Waals surface area (Å²) in [7, 11) is 0. The van der Waals surface area contributed by atoms with Gasteiger partial charge >= 0.3 is 5.97 Å². The third-order valence-corrected chi connectivity index (χ3v) is 7.09. The van der Waals surface area contributed by atoms with Crippen LogP contribution in [-0.4, -0.2) is 30.2 Å². The summed E-state index contributed by atoms with van der Waals surface area (Å²) in [5.41, 5.74) is 3.58. The molecule has 0 saturated carbocycles. The molecule has 0 aliphatic heterocycles. The molecule has 0 aromatic heterocycles. The van der Waals surface area contributed by atoms with E-state index in [0.717, 1.165) is 56.4 Å². The number of aliphatic carboxylic acids is 1. The Kier molecular flexibility index (Phi) is 10.0. The molecule has 6 nitrogen and oxygen atoms in total. The highest BCUT2D eigenvalue weighted by Gasteiger charge is 2.28. The first-order chi connectivity index (χ1) is 17.1. The van der Waals surface area contributed by atoms with Crippen LogP contribution in [0.2, 0.25) is 0 Å². The Balaban J connectivity index is 1.51. The second-order valence-electron chi connectivity index (χ2n) is 11.2. The van der Waals surface area contributed by atoms with E-state index in [1.807, 2.05) is 12.2 Å². The van der Waals surface area contributed by atoms with Gasteiger partial charge in [-0.25, -0.2) is 0 Å². The number of hydrogen-bond donors (Lipinski definition) is 2. The molecule has 0 bridgehead atoms. The summed E-state index contributed by atoms with van der Waals surface area (Å²) in [4.78, 5) is 24.3. The molecular formula is C30H43NO5. The molecule has 0 aromatic carbocycles. The van der Waals surface area contributed by atoms with E-state index in [4.69, 9.17) is 9.47 Å². The number of amides is 1. The SMILES string of the molecule is CC(C)CC1=CC=C(COC2=CC=C(NC(=O)C3=C(OCCC(C)(C)C(=O)O)CCCC3)CC2)CC1. The molecular weight excluding hydrogens is 454 g/mol. The average molecular weight is 498 g/mol. The third-order valence-electron chi connectivity index (χ3n) is 7.09. The lowest BCUT2D eigenvalue weighted by atomic mass is 9.90. The molecule has 0 fully saturated rings. The van der Waals surface area contributed by atoms with Crippen LogP contribution in [0.5, 0.6) is 0 Å². The minimum absolute atomic E-state index is 0.109. The van der Waals surface area contributed by atoms with E-state index >= 15 is 0 Å². The largest absolute Gasteiger partial charge is 0.497 e. The monoisotopic (exact) mass is 497 g/mol. The Hall–Kier alpha value is -2.76. The van der Waals surface area contributed by atoms with Crippen molar-refractivity contribution in [3.8, 4) is 0 Å². The lowest BCUT2D eigenvalue weighted by Gasteiger charge is -2.24. The van der Waals surface area contributed by atoms with Gasteiger partial charge in [-0.15, -0.1) is 0 Å². The molecule has 2 N–H and O–H groups in total. The van der Waals surface area contributed by atoms with Gasteiger partial charge in [0.15, 0.2) is 0 Å². The van der Waals surface area contributed by atoms with Crippen LogP contribution < -0.4 is 5.32 Å². The van der Waals surface area contributed by atoms with Gasteiger partial charge in [-0.05, 0) is 88.9 Å². The number of hydrogen-bond acceptors (Lipinski definition) is 4. The molecule has 0 atom stereocenters. The number of allylic oxidation sites excluding steroid dienone is 8. The first-order valence-electron chi connectivity index (χ1n) is 13.4. The Bertz CT molecular complexity index is 977. The van der Waals surface area contributed by atoms with Gasteiger partial charge in [0.25, 0.3) is 5.91 Å². The Morgan fingerprint density at radius 1 is 0.944 bits per heavy atom. The number of carbonyl (C=O) groups excluding carboxylic acids is 1. The van der Waals surface area contributed by atoms with Crippen LogP contribution in [-0.2, 0) is 19.1 Å². The number of rotatable bonds is 12. The third kappa shape index (κ3) is 8.42. The molecule has 6 heteroatoms. The lowest BCUT2D eigenvalue weighted by molar-refractivity contribution is -0.147. The number of carbonyl (C=O) groups is 2. The van der Waals surface area contributed by atoms with Gasteiger partial charge in [-0.3, -0.25) is 9.59 Å². The first-order valence-corrected chi connectivity index (χ1v) is 13.4. The van der Waals surface area contributed by atoms with E-state index < -0.39 is 11.4 Å². The predicted molar refractivity (Wildman–Crippen MR) is 142 cm³/mol. The van der Waals surface area contributed by atoms with Crippen LogP contribution >= 0.6 is 0 Å². The van der Waals surface area contributed by atoms with Crippen molar-refractivity contribution < 1.29 is 24.2 Å². The maximum Gasteiger partial charge on any atom is 0.309 e. The van der Waals surface area contributed by atoms with E-state index in [1.165, 1.54) is 17.6 Å². The summed E-state index contributed by atoms with van der Waals surface area (Å²) >= 11 is 0. The van der Waals surface area contributed by atoms with Crippen molar-refractivity contribution >= 4 is 11.9 Å². The molecule has 1 amide bonds. The maximum absolute atomic E-state index is 13.0. The van der Waals surface area contributed by atoms with Crippen LogP contribution in [0, 0.1) is 11.3 Å². The van der Waals surface area contributed by atoms with Crippen molar-refractivity contribution in [3.63, 3.8) is 0 Å².